The summed E-state index contributed by atoms with van der Waals surface area (Å²) in [5.74, 6) is 0.217. The van der Waals surface area contributed by atoms with Crippen molar-refractivity contribution in [2.45, 2.75) is 70.6 Å². The number of hydrogen-bond acceptors (Lipinski definition) is 3. The Morgan fingerprint density at radius 2 is 2.00 bits per heavy atom. The van der Waals surface area contributed by atoms with Crippen molar-refractivity contribution in [3.63, 3.8) is 0 Å². The lowest BCUT2D eigenvalue weighted by Gasteiger charge is -2.58. The summed E-state index contributed by atoms with van der Waals surface area (Å²) in [6, 6.07) is 3.17. The van der Waals surface area contributed by atoms with Gasteiger partial charge in [0.1, 0.15) is 11.2 Å². The number of halogens is 1. The van der Waals surface area contributed by atoms with Gasteiger partial charge in [-0.3, -0.25) is 14.3 Å². The van der Waals surface area contributed by atoms with E-state index in [9.17, 15) is 14.3 Å². The number of aromatic nitrogens is 2. The fourth-order valence-electron chi connectivity index (χ4n) is 4.40. The number of rotatable bonds is 3. The normalized spacial score (nSPS) is 22.1. The van der Waals surface area contributed by atoms with Gasteiger partial charge >= 0.3 is 0 Å². The van der Waals surface area contributed by atoms with Gasteiger partial charge < -0.3 is 5.11 Å². The maximum absolute atomic E-state index is 14.7. The van der Waals surface area contributed by atoms with E-state index in [2.05, 4.69) is 11.9 Å². The molecule has 5 rings (SSSR count). The average Bonchev–Trinajstić information content (AvgIpc) is 3.08. The van der Waals surface area contributed by atoms with Crippen molar-refractivity contribution in [1.29, 1.82) is 0 Å². The average molecular weight is 357 g/mol. The maximum Gasteiger partial charge on any atom is 0.231 e. The molecule has 0 atom stereocenters. The molecule has 0 bridgehead atoms. The molecule has 0 saturated heterocycles. The Hall–Kier alpha value is -1.95. The van der Waals surface area contributed by atoms with Crippen LogP contribution in [0.2, 0.25) is 0 Å². The van der Waals surface area contributed by atoms with E-state index in [4.69, 9.17) is 0 Å². The first-order valence-corrected chi connectivity index (χ1v) is 9.43. The summed E-state index contributed by atoms with van der Waals surface area (Å²) in [7, 11) is 0. The number of carbonyl (C=O) groups excluding carboxylic acids is 1. The summed E-state index contributed by atoms with van der Waals surface area (Å²) in [5.41, 5.74) is 0.109. The van der Waals surface area contributed by atoms with E-state index in [1.54, 1.807) is 13.8 Å². The van der Waals surface area contributed by atoms with E-state index in [0.717, 1.165) is 32.1 Å². The Morgan fingerprint density at radius 1 is 1.31 bits per heavy atom. The van der Waals surface area contributed by atoms with E-state index >= 15 is 0 Å². The lowest BCUT2D eigenvalue weighted by molar-refractivity contribution is -0.124. The third-order valence-electron chi connectivity index (χ3n) is 6.52. The first kappa shape index (κ1) is 16.2. The van der Waals surface area contributed by atoms with Gasteiger partial charge in [0, 0.05) is 6.42 Å². The molecule has 2 heterocycles. The molecule has 6 heteroatoms. The predicted octanol–water partition coefficient (Wildman–Crippen LogP) is 3.78. The number of aliphatic hydroxyl groups is 1. The number of nitrogens with zero attached hydrogens (tertiary/aromatic N) is 3. The highest BCUT2D eigenvalue weighted by atomic mass is 19.1. The fraction of sp³-hybridized carbons (Fsp3) is 0.600. The summed E-state index contributed by atoms with van der Waals surface area (Å²) < 4.78 is 16.7. The van der Waals surface area contributed by atoms with E-state index < -0.39 is 11.4 Å². The number of imidazole rings is 1. The van der Waals surface area contributed by atoms with Gasteiger partial charge in [0.15, 0.2) is 5.82 Å². The minimum absolute atomic E-state index is 0.107. The van der Waals surface area contributed by atoms with Crippen LogP contribution in [0.4, 0.5) is 10.3 Å². The topological polar surface area (TPSA) is 58.4 Å². The number of anilines is 1. The second-order valence-electron chi connectivity index (χ2n) is 9.18. The highest BCUT2D eigenvalue weighted by Crippen LogP contribution is 2.57. The van der Waals surface area contributed by atoms with E-state index in [-0.39, 0.29) is 22.5 Å². The van der Waals surface area contributed by atoms with E-state index in [1.165, 1.54) is 6.07 Å². The molecule has 2 fully saturated rings. The van der Waals surface area contributed by atoms with Gasteiger partial charge in [0.05, 0.1) is 11.1 Å². The van der Waals surface area contributed by atoms with Crippen LogP contribution in [0.3, 0.4) is 0 Å². The monoisotopic (exact) mass is 357 g/mol. The lowest BCUT2D eigenvalue weighted by Crippen LogP contribution is -2.66. The molecule has 5 nitrogen and oxygen atoms in total. The molecule has 26 heavy (non-hydrogen) atoms. The Bertz CT molecular complexity index is 948. The fourth-order valence-corrected chi connectivity index (χ4v) is 4.40. The smallest absolute Gasteiger partial charge is 0.231 e. The maximum atomic E-state index is 14.7. The molecule has 2 saturated carbocycles. The first-order chi connectivity index (χ1) is 12.1. The van der Waals surface area contributed by atoms with Gasteiger partial charge in [0.25, 0.3) is 0 Å². The third kappa shape index (κ3) is 1.99. The van der Waals surface area contributed by atoms with Crippen LogP contribution in [-0.4, -0.2) is 20.6 Å². The summed E-state index contributed by atoms with van der Waals surface area (Å²) in [6.45, 7) is 5.44. The van der Waals surface area contributed by atoms with Crippen LogP contribution in [0.15, 0.2) is 12.1 Å². The molecule has 1 N–H and O–H groups in total. The highest BCUT2D eigenvalue weighted by Gasteiger charge is 2.59. The molecule has 1 aliphatic heterocycles. The van der Waals surface area contributed by atoms with E-state index in [0.29, 0.717) is 23.4 Å². The number of hydrogen-bond donors (Lipinski definition) is 1. The number of carbonyl (C=O) groups is 1. The molecule has 2 aliphatic carbocycles. The molecular formula is C20H24FN3O2. The second kappa shape index (κ2) is 4.66. The summed E-state index contributed by atoms with van der Waals surface area (Å²) in [5, 5.41) is 10.3. The first-order valence-electron chi connectivity index (χ1n) is 9.43. The number of fused-ring (bicyclic) bond motifs is 4. The Labute approximate surface area is 151 Å². The van der Waals surface area contributed by atoms with Crippen molar-refractivity contribution < 1.29 is 14.3 Å². The molecule has 138 valence electrons. The molecule has 0 unspecified atom stereocenters. The van der Waals surface area contributed by atoms with Gasteiger partial charge in [-0.15, -0.1) is 0 Å². The summed E-state index contributed by atoms with van der Waals surface area (Å²) >= 11 is 0. The molecule has 1 aromatic carbocycles. The zero-order valence-corrected chi connectivity index (χ0v) is 15.5. The largest absolute Gasteiger partial charge is 0.386 e. The van der Waals surface area contributed by atoms with Crippen LogP contribution in [0.1, 0.15) is 64.9 Å². The molecule has 1 spiro atoms. The number of amides is 1. The van der Waals surface area contributed by atoms with Gasteiger partial charge in [-0.25, -0.2) is 9.37 Å². The summed E-state index contributed by atoms with van der Waals surface area (Å²) in [6.07, 6.45) is 5.53. The van der Waals surface area contributed by atoms with Gasteiger partial charge in [-0.05, 0) is 69.1 Å². The van der Waals surface area contributed by atoms with Crippen molar-refractivity contribution in [2.24, 2.45) is 5.41 Å². The minimum atomic E-state index is -1.13. The molecule has 3 aliphatic rings. The van der Waals surface area contributed by atoms with Crippen molar-refractivity contribution in [3.8, 4) is 0 Å². The summed E-state index contributed by atoms with van der Waals surface area (Å²) in [4.78, 5) is 19.3. The highest BCUT2D eigenvalue weighted by molar-refractivity contribution is 5.99. The van der Waals surface area contributed by atoms with Crippen LogP contribution in [0.25, 0.3) is 11.0 Å². The standard InChI is InChI=1S/C20H24FN3O2/c1-18(2,26)12-9-13(21)16-14(10-12)23-17(22-16)24(20(23)5-4-6-20)15(25)11-19(3)7-8-19/h9-10,26H,4-8,11H2,1-3H3. The van der Waals surface area contributed by atoms with Crippen molar-refractivity contribution in [1.82, 2.24) is 9.55 Å². The van der Waals surface area contributed by atoms with Crippen molar-refractivity contribution in [2.75, 3.05) is 4.90 Å². The lowest BCUT2D eigenvalue weighted by atomic mass is 9.79. The molecule has 2 aromatic rings. The van der Waals surface area contributed by atoms with Crippen LogP contribution in [0, 0.1) is 11.2 Å². The van der Waals surface area contributed by atoms with Crippen LogP contribution < -0.4 is 4.90 Å². The Kier molecular flexibility index (Phi) is 2.91. The quantitative estimate of drug-likeness (QED) is 0.909. The third-order valence-corrected chi connectivity index (χ3v) is 6.52. The minimum Gasteiger partial charge on any atom is -0.386 e. The molecule has 1 amide bonds. The molecule has 0 radical (unpaired) electrons. The molecule has 1 aromatic heterocycles. The van der Waals surface area contributed by atoms with Crippen LogP contribution in [0.5, 0.6) is 0 Å². The second-order valence-corrected chi connectivity index (χ2v) is 9.18. The zero-order valence-electron chi connectivity index (χ0n) is 15.5. The van der Waals surface area contributed by atoms with Crippen molar-refractivity contribution >= 4 is 22.9 Å². The van der Waals surface area contributed by atoms with Gasteiger partial charge in [-0.2, -0.15) is 0 Å². The number of benzene rings is 1. The molecular weight excluding hydrogens is 333 g/mol. The Balaban J connectivity index is 1.64. The predicted molar refractivity (Wildman–Crippen MR) is 96.2 cm³/mol. The van der Waals surface area contributed by atoms with Crippen molar-refractivity contribution in [3.05, 3.63) is 23.5 Å². The van der Waals surface area contributed by atoms with Gasteiger partial charge in [-0.1, -0.05) is 6.92 Å². The zero-order chi connectivity index (χ0) is 18.5. The van der Waals surface area contributed by atoms with Crippen LogP contribution >= 0.6 is 0 Å². The van der Waals surface area contributed by atoms with E-state index in [1.807, 2.05) is 15.5 Å². The Morgan fingerprint density at radius 3 is 2.54 bits per heavy atom. The van der Waals surface area contributed by atoms with Gasteiger partial charge in [0.2, 0.25) is 11.9 Å². The van der Waals surface area contributed by atoms with Crippen LogP contribution in [-0.2, 0) is 16.1 Å². The SMILES string of the molecule is CC1(CC(=O)N2c3nc4c(F)cc(C(C)(C)O)cc4n3C23CCC3)CC1.